The summed E-state index contributed by atoms with van der Waals surface area (Å²) in [5.41, 5.74) is 5.35. The zero-order valence-corrected chi connectivity index (χ0v) is 13.0. The second-order valence-corrected chi connectivity index (χ2v) is 7.07. The van der Waals surface area contributed by atoms with Gasteiger partial charge in [-0.2, -0.15) is 0 Å². The number of thioether (sulfide) groups is 1. The van der Waals surface area contributed by atoms with E-state index in [0.29, 0.717) is 5.69 Å². The maximum atomic E-state index is 12.4. The van der Waals surface area contributed by atoms with Crippen molar-refractivity contribution in [3.63, 3.8) is 0 Å². The van der Waals surface area contributed by atoms with E-state index in [1.54, 1.807) is 4.57 Å². The van der Waals surface area contributed by atoms with Crippen LogP contribution in [0.1, 0.15) is 40.0 Å². The standard InChI is InChI=1S/C17H17NO3S/c19-14(20)9-18-13-6-5-10-3-1-2-4-11(10)15(13)12-7-8-22-17(21)16(12)18/h5-6H,1-4,7-9H2,(H,19,20). The van der Waals surface area contributed by atoms with Crippen molar-refractivity contribution in [2.24, 2.45) is 0 Å². The average molecular weight is 315 g/mol. The predicted molar refractivity (Wildman–Crippen MR) is 86.7 cm³/mol. The molecule has 5 heteroatoms. The van der Waals surface area contributed by atoms with Gasteiger partial charge in [0, 0.05) is 16.7 Å². The van der Waals surface area contributed by atoms with Crippen LogP contribution in [0.3, 0.4) is 0 Å². The number of aromatic nitrogens is 1. The number of fused-ring (bicyclic) bond motifs is 5. The molecule has 0 radical (unpaired) electrons. The van der Waals surface area contributed by atoms with E-state index in [0.717, 1.165) is 36.1 Å². The van der Waals surface area contributed by atoms with E-state index in [4.69, 9.17) is 0 Å². The Labute approximate surface area is 132 Å². The zero-order valence-electron chi connectivity index (χ0n) is 12.2. The minimum absolute atomic E-state index is 0.0169. The fourth-order valence-electron chi connectivity index (χ4n) is 3.87. The Kier molecular flexibility index (Phi) is 3.26. The Morgan fingerprint density at radius 1 is 1.18 bits per heavy atom. The second-order valence-electron chi connectivity index (χ2n) is 6.00. The van der Waals surface area contributed by atoms with Crippen molar-refractivity contribution in [3.8, 4) is 0 Å². The molecule has 1 aliphatic carbocycles. The molecule has 0 bridgehead atoms. The maximum Gasteiger partial charge on any atom is 0.323 e. The third kappa shape index (κ3) is 1.99. The van der Waals surface area contributed by atoms with Crippen LogP contribution in [0.25, 0.3) is 10.9 Å². The van der Waals surface area contributed by atoms with E-state index in [-0.39, 0.29) is 11.7 Å². The molecule has 0 fully saturated rings. The Morgan fingerprint density at radius 3 is 2.82 bits per heavy atom. The lowest BCUT2D eigenvalue weighted by Gasteiger charge is -2.18. The van der Waals surface area contributed by atoms with Crippen molar-refractivity contribution >= 4 is 33.7 Å². The van der Waals surface area contributed by atoms with Gasteiger partial charge in [-0.1, -0.05) is 17.8 Å². The fraction of sp³-hybridized carbons (Fsp3) is 0.412. The van der Waals surface area contributed by atoms with Crippen molar-refractivity contribution in [1.29, 1.82) is 0 Å². The first kappa shape index (κ1) is 13.9. The molecule has 0 amide bonds. The van der Waals surface area contributed by atoms with E-state index in [9.17, 15) is 14.7 Å². The average Bonchev–Trinajstić information content (AvgIpc) is 2.82. The highest BCUT2D eigenvalue weighted by Gasteiger charge is 2.29. The Balaban J connectivity index is 2.07. The lowest BCUT2D eigenvalue weighted by Crippen LogP contribution is -2.17. The number of aryl methyl sites for hydroxylation is 3. The molecule has 1 aromatic carbocycles. The van der Waals surface area contributed by atoms with Crippen LogP contribution in [0, 0.1) is 0 Å². The van der Waals surface area contributed by atoms with Crippen molar-refractivity contribution in [2.75, 3.05) is 5.75 Å². The first-order chi connectivity index (χ1) is 10.7. The fourth-order valence-corrected chi connectivity index (χ4v) is 4.73. The molecule has 2 aliphatic rings. The minimum atomic E-state index is -0.902. The van der Waals surface area contributed by atoms with Gasteiger partial charge in [-0.15, -0.1) is 0 Å². The van der Waals surface area contributed by atoms with E-state index in [2.05, 4.69) is 6.07 Å². The van der Waals surface area contributed by atoms with Crippen molar-refractivity contribution < 1.29 is 14.7 Å². The number of carboxylic acids is 1. The number of carbonyl (C=O) groups is 2. The molecule has 22 heavy (non-hydrogen) atoms. The lowest BCUT2D eigenvalue weighted by molar-refractivity contribution is -0.137. The van der Waals surface area contributed by atoms with E-state index in [1.807, 2.05) is 6.07 Å². The van der Waals surface area contributed by atoms with Gasteiger partial charge in [0.2, 0.25) is 5.12 Å². The Hall–Kier alpha value is -1.75. The smallest absolute Gasteiger partial charge is 0.323 e. The van der Waals surface area contributed by atoms with Gasteiger partial charge in [-0.3, -0.25) is 9.59 Å². The lowest BCUT2D eigenvalue weighted by atomic mass is 9.87. The van der Waals surface area contributed by atoms with Crippen molar-refractivity contribution in [3.05, 3.63) is 34.5 Å². The molecule has 1 aromatic heterocycles. The van der Waals surface area contributed by atoms with Crippen LogP contribution in [0.2, 0.25) is 0 Å². The molecule has 1 aliphatic heterocycles. The first-order valence-electron chi connectivity index (χ1n) is 7.71. The second kappa shape index (κ2) is 5.16. The van der Waals surface area contributed by atoms with Crippen LogP contribution in [0.15, 0.2) is 12.1 Å². The summed E-state index contributed by atoms with van der Waals surface area (Å²) in [5.74, 6) is -0.109. The van der Waals surface area contributed by atoms with E-state index in [1.165, 1.54) is 41.1 Å². The molecular formula is C17H17NO3S. The normalized spacial score (nSPS) is 17.4. The van der Waals surface area contributed by atoms with Crippen molar-refractivity contribution in [2.45, 2.75) is 38.6 Å². The summed E-state index contributed by atoms with van der Waals surface area (Å²) in [4.78, 5) is 23.6. The summed E-state index contributed by atoms with van der Waals surface area (Å²) in [6.07, 6.45) is 5.37. The van der Waals surface area contributed by atoms with Gasteiger partial charge in [0.05, 0.1) is 0 Å². The maximum absolute atomic E-state index is 12.4. The van der Waals surface area contributed by atoms with E-state index >= 15 is 0 Å². The minimum Gasteiger partial charge on any atom is -0.480 e. The monoisotopic (exact) mass is 315 g/mol. The number of benzene rings is 1. The third-order valence-corrected chi connectivity index (χ3v) is 5.59. The quantitative estimate of drug-likeness (QED) is 0.925. The summed E-state index contributed by atoms with van der Waals surface area (Å²) >= 11 is 1.30. The highest BCUT2D eigenvalue weighted by molar-refractivity contribution is 8.14. The van der Waals surface area contributed by atoms with Gasteiger partial charge in [-0.25, -0.2) is 0 Å². The number of hydrogen-bond acceptors (Lipinski definition) is 3. The van der Waals surface area contributed by atoms with Gasteiger partial charge in [0.1, 0.15) is 12.2 Å². The molecule has 0 saturated carbocycles. The number of carbonyl (C=O) groups excluding carboxylic acids is 1. The highest BCUT2D eigenvalue weighted by Crippen LogP contribution is 2.38. The molecule has 0 atom stereocenters. The topological polar surface area (TPSA) is 59.3 Å². The van der Waals surface area contributed by atoms with Gasteiger partial charge >= 0.3 is 5.97 Å². The zero-order chi connectivity index (χ0) is 15.3. The molecular weight excluding hydrogens is 298 g/mol. The molecule has 1 N–H and O–H groups in total. The summed E-state index contributed by atoms with van der Waals surface area (Å²) in [6.45, 7) is -0.142. The third-order valence-electron chi connectivity index (χ3n) is 4.73. The molecule has 2 aromatic rings. The summed E-state index contributed by atoms with van der Waals surface area (Å²) < 4.78 is 1.72. The first-order valence-corrected chi connectivity index (χ1v) is 8.70. The summed E-state index contributed by atoms with van der Waals surface area (Å²) in [7, 11) is 0. The molecule has 4 rings (SSSR count). The highest BCUT2D eigenvalue weighted by atomic mass is 32.2. The number of rotatable bonds is 2. The number of carboxylic acid groups (broad SMARTS) is 1. The predicted octanol–water partition coefficient (Wildman–Crippen LogP) is 3.03. The molecule has 0 unspecified atom stereocenters. The molecule has 2 heterocycles. The number of nitrogens with zero attached hydrogens (tertiary/aromatic N) is 1. The number of hydrogen-bond donors (Lipinski definition) is 1. The Bertz CT molecular complexity index is 806. The molecule has 114 valence electrons. The van der Waals surface area contributed by atoms with Crippen LogP contribution in [-0.2, 0) is 30.6 Å². The van der Waals surface area contributed by atoms with E-state index < -0.39 is 5.97 Å². The van der Waals surface area contributed by atoms with Gasteiger partial charge in [0.25, 0.3) is 0 Å². The van der Waals surface area contributed by atoms with Crippen LogP contribution < -0.4 is 0 Å². The SMILES string of the molecule is O=C(O)Cn1c2c(c3c4c(ccc31)CCCC4)CCSC2=O. The summed E-state index contributed by atoms with van der Waals surface area (Å²) in [6, 6.07) is 4.14. The van der Waals surface area contributed by atoms with Gasteiger partial charge in [-0.05, 0) is 54.9 Å². The molecule has 0 saturated heterocycles. The Morgan fingerprint density at radius 2 is 2.00 bits per heavy atom. The summed E-state index contributed by atoms with van der Waals surface area (Å²) in [5, 5.41) is 10.4. The largest absolute Gasteiger partial charge is 0.480 e. The number of aliphatic carboxylic acids is 1. The van der Waals surface area contributed by atoms with Crippen LogP contribution in [0.5, 0.6) is 0 Å². The molecule has 0 spiro atoms. The van der Waals surface area contributed by atoms with Gasteiger partial charge in [0.15, 0.2) is 0 Å². The van der Waals surface area contributed by atoms with Crippen LogP contribution in [0.4, 0.5) is 0 Å². The molecule has 4 nitrogen and oxygen atoms in total. The van der Waals surface area contributed by atoms with Crippen molar-refractivity contribution in [1.82, 2.24) is 4.57 Å². The van der Waals surface area contributed by atoms with Crippen LogP contribution >= 0.6 is 11.8 Å². The van der Waals surface area contributed by atoms with Gasteiger partial charge < -0.3 is 9.67 Å². The van der Waals surface area contributed by atoms with Crippen LogP contribution in [-0.4, -0.2) is 26.5 Å².